The van der Waals surface area contributed by atoms with Crippen molar-refractivity contribution in [2.24, 2.45) is 7.05 Å². The van der Waals surface area contributed by atoms with Gasteiger partial charge < -0.3 is 9.73 Å². The fourth-order valence-electron chi connectivity index (χ4n) is 1.95. The second-order valence-electron chi connectivity index (χ2n) is 4.54. The van der Waals surface area contributed by atoms with Gasteiger partial charge in [0.2, 0.25) is 0 Å². The summed E-state index contributed by atoms with van der Waals surface area (Å²) in [5.41, 5.74) is 2.03. The minimum Gasteiger partial charge on any atom is -0.469 e. The Morgan fingerprint density at radius 1 is 1.56 bits per heavy atom. The van der Waals surface area contributed by atoms with Gasteiger partial charge in [0, 0.05) is 31.6 Å². The highest BCUT2D eigenvalue weighted by molar-refractivity contribution is 6.30. The zero-order valence-electron chi connectivity index (χ0n) is 10.9. The van der Waals surface area contributed by atoms with Crippen LogP contribution in [0.5, 0.6) is 0 Å². The summed E-state index contributed by atoms with van der Waals surface area (Å²) >= 11 is 6.18. The van der Waals surface area contributed by atoms with Crippen LogP contribution in [0.2, 0.25) is 5.15 Å². The molecule has 2 heterocycles. The lowest BCUT2D eigenvalue weighted by Crippen LogP contribution is -2.27. The third kappa shape index (κ3) is 2.94. The molecule has 98 valence electrons. The highest BCUT2D eigenvalue weighted by Crippen LogP contribution is 2.18. The number of rotatable bonds is 5. The monoisotopic (exact) mass is 267 g/mol. The number of nitrogens with zero attached hydrogens (tertiary/aromatic N) is 2. The maximum absolute atomic E-state index is 6.18. The van der Waals surface area contributed by atoms with E-state index in [9.17, 15) is 0 Å². The molecule has 2 rings (SSSR count). The summed E-state index contributed by atoms with van der Waals surface area (Å²) in [5, 5.41) is 8.42. The average molecular weight is 268 g/mol. The molecular formula is C13H18ClN3O. The van der Waals surface area contributed by atoms with Gasteiger partial charge in [-0.3, -0.25) is 4.68 Å². The maximum atomic E-state index is 6.18. The molecule has 1 atom stereocenters. The number of furan rings is 1. The number of hydrogen-bond donors (Lipinski definition) is 1. The number of halogens is 1. The van der Waals surface area contributed by atoms with Gasteiger partial charge >= 0.3 is 0 Å². The Labute approximate surface area is 112 Å². The second kappa shape index (κ2) is 5.59. The van der Waals surface area contributed by atoms with Crippen molar-refractivity contribution in [2.45, 2.75) is 32.9 Å². The van der Waals surface area contributed by atoms with Crippen molar-refractivity contribution in [2.75, 3.05) is 0 Å². The van der Waals surface area contributed by atoms with Gasteiger partial charge in [-0.2, -0.15) is 5.10 Å². The molecule has 0 fully saturated rings. The smallest absolute Gasteiger partial charge is 0.131 e. The summed E-state index contributed by atoms with van der Waals surface area (Å²) in [6.45, 7) is 4.82. The van der Waals surface area contributed by atoms with E-state index in [0.29, 0.717) is 11.2 Å². The SMILES string of the molecule is Cc1nn(C)c(Cl)c1CNC(C)Cc1ccco1. The topological polar surface area (TPSA) is 43.0 Å². The molecule has 0 spiro atoms. The van der Waals surface area contributed by atoms with Gasteiger partial charge in [-0.1, -0.05) is 11.6 Å². The third-order valence-corrected chi connectivity index (χ3v) is 3.46. The van der Waals surface area contributed by atoms with Crippen LogP contribution in [0.25, 0.3) is 0 Å². The number of aryl methyl sites for hydroxylation is 2. The van der Waals surface area contributed by atoms with Crippen molar-refractivity contribution in [1.29, 1.82) is 0 Å². The first-order chi connectivity index (χ1) is 8.58. The lowest BCUT2D eigenvalue weighted by atomic mass is 10.2. The molecule has 4 nitrogen and oxygen atoms in total. The predicted molar refractivity (Wildman–Crippen MR) is 71.7 cm³/mol. The number of nitrogens with one attached hydrogen (secondary N) is 1. The molecule has 0 saturated heterocycles. The Morgan fingerprint density at radius 3 is 2.89 bits per heavy atom. The van der Waals surface area contributed by atoms with Crippen molar-refractivity contribution in [3.8, 4) is 0 Å². The van der Waals surface area contributed by atoms with Gasteiger partial charge in [0.05, 0.1) is 12.0 Å². The first kappa shape index (κ1) is 13.2. The summed E-state index contributed by atoms with van der Waals surface area (Å²) in [6.07, 6.45) is 2.56. The Hall–Kier alpha value is -1.26. The highest BCUT2D eigenvalue weighted by atomic mass is 35.5. The zero-order valence-corrected chi connectivity index (χ0v) is 11.7. The van der Waals surface area contributed by atoms with E-state index in [1.165, 1.54) is 0 Å². The van der Waals surface area contributed by atoms with Gasteiger partial charge in [-0.25, -0.2) is 0 Å². The minimum atomic E-state index is 0.326. The Balaban J connectivity index is 1.91. The summed E-state index contributed by atoms with van der Waals surface area (Å²) in [5.74, 6) is 0.990. The average Bonchev–Trinajstić information content (AvgIpc) is 2.88. The Kier molecular flexibility index (Phi) is 4.09. The van der Waals surface area contributed by atoms with Crippen LogP contribution in [0.1, 0.15) is 23.9 Å². The van der Waals surface area contributed by atoms with Crippen molar-refractivity contribution in [3.05, 3.63) is 40.6 Å². The van der Waals surface area contributed by atoms with Gasteiger partial charge in [0.15, 0.2) is 0 Å². The molecule has 0 radical (unpaired) electrons. The Bertz CT molecular complexity index is 505. The van der Waals surface area contributed by atoms with Crippen LogP contribution >= 0.6 is 11.6 Å². The third-order valence-electron chi connectivity index (χ3n) is 2.98. The molecular weight excluding hydrogens is 250 g/mol. The molecule has 2 aromatic heterocycles. The van der Waals surface area contributed by atoms with Crippen LogP contribution in [0.15, 0.2) is 22.8 Å². The molecule has 0 aliphatic heterocycles. The highest BCUT2D eigenvalue weighted by Gasteiger charge is 2.12. The van der Waals surface area contributed by atoms with E-state index in [0.717, 1.165) is 30.0 Å². The van der Waals surface area contributed by atoms with Crippen LogP contribution < -0.4 is 5.32 Å². The first-order valence-electron chi connectivity index (χ1n) is 6.01. The summed E-state index contributed by atoms with van der Waals surface area (Å²) in [6, 6.07) is 4.22. The summed E-state index contributed by atoms with van der Waals surface area (Å²) in [4.78, 5) is 0. The van der Waals surface area contributed by atoms with Gasteiger partial charge in [-0.15, -0.1) is 0 Å². The van der Waals surface area contributed by atoms with Crippen molar-refractivity contribution >= 4 is 11.6 Å². The van der Waals surface area contributed by atoms with Gasteiger partial charge in [-0.05, 0) is 26.0 Å². The maximum Gasteiger partial charge on any atom is 0.131 e. The second-order valence-corrected chi connectivity index (χ2v) is 4.90. The first-order valence-corrected chi connectivity index (χ1v) is 6.39. The summed E-state index contributed by atoms with van der Waals surface area (Å²) < 4.78 is 7.02. The van der Waals surface area contributed by atoms with Crippen molar-refractivity contribution in [1.82, 2.24) is 15.1 Å². The van der Waals surface area contributed by atoms with E-state index in [-0.39, 0.29) is 0 Å². The molecule has 0 bridgehead atoms. The molecule has 1 unspecified atom stereocenters. The van der Waals surface area contributed by atoms with Crippen molar-refractivity contribution in [3.63, 3.8) is 0 Å². The molecule has 0 aliphatic carbocycles. The lowest BCUT2D eigenvalue weighted by molar-refractivity contribution is 0.456. The molecule has 0 saturated carbocycles. The van der Waals surface area contributed by atoms with E-state index in [1.807, 2.05) is 26.1 Å². The molecule has 0 aromatic carbocycles. The molecule has 2 aromatic rings. The van der Waals surface area contributed by atoms with E-state index >= 15 is 0 Å². The fourth-order valence-corrected chi connectivity index (χ4v) is 2.20. The molecule has 0 amide bonds. The molecule has 18 heavy (non-hydrogen) atoms. The Morgan fingerprint density at radius 2 is 2.33 bits per heavy atom. The normalized spacial score (nSPS) is 12.9. The molecule has 5 heteroatoms. The van der Waals surface area contributed by atoms with Gasteiger partial charge in [0.25, 0.3) is 0 Å². The lowest BCUT2D eigenvalue weighted by Gasteiger charge is -2.12. The van der Waals surface area contributed by atoms with Crippen LogP contribution in [-0.4, -0.2) is 15.8 Å². The fraction of sp³-hybridized carbons (Fsp3) is 0.462. The van der Waals surface area contributed by atoms with E-state index in [4.69, 9.17) is 16.0 Å². The van der Waals surface area contributed by atoms with E-state index in [1.54, 1.807) is 10.9 Å². The quantitative estimate of drug-likeness (QED) is 0.906. The predicted octanol–water partition coefficient (Wildman–Crippen LogP) is 2.70. The van der Waals surface area contributed by atoms with Crippen LogP contribution in [-0.2, 0) is 20.0 Å². The van der Waals surface area contributed by atoms with Crippen LogP contribution in [0, 0.1) is 6.92 Å². The van der Waals surface area contributed by atoms with Gasteiger partial charge in [0.1, 0.15) is 10.9 Å². The van der Waals surface area contributed by atoms with Crippen LogP contribution in [0.4, 0.5) is 0 Å². The van der Waals surface area contributed by atoms with Crippen LogP contribution in [0.3, 0.4) is 0 Å². The number of hydrogen-bond acceptors (Lipinski definition) is 3. The molecule has 0 aliphatic rings. The van der Waals surface area contributed by atoms with E-state index in [2.05, 4.69) is 17.3 Å². The largest absolute Gasteiger partial charge is 0.469 e. The summed E-state index contributed by atoms with van der Waals surface area (Å²) in [7, 11) is 1.85. The van der Waals surface area contributed by atoms with E-state index < -0.39 is 0 Å². The minimum absolute atomic E-state index is 0.326. The molecule has 1 N–H and O–H groups in total. The number of aromatic nitrogens is 2. The standard InChI is InChI=1S/C13H18ClN3O/c1-9(7-11-5-4-6-18-11)15-8-12-10(2)16-17(3)13(12)14/h4-6,9,15H,7-8H2,1-3H3. The van der Waals surface area contributed by atoms with Crippen molar-refractivity contribution < 1.29 is 4.42 Å². The zero-order chi connectivity index (χ0) is 13.1.